The fourth-order valence-corrected chi connectivity index (χ4v) is 2.69. The minimum absolute atomic E-state index is 0.0243. The molecule has 2 aromatic rings. The van der Waals surface area contributed by atoms with Gasteiger partial charge in [0, 0.05) is 31.7 Å². The fourth-order valence-electron chi connectivity index (χ4n) is 2.53. The lowest BCUT2D eigenvalue weighted by atomic mass is 10.0. The first-order valence-corrected chi connectivity index (χ1v) is 7.63. The van der Waals surface area contributed by atoms with E-state index in [4.69, 9.17) is 16.3 Å². The molecule has 1 aromatic heterocycles. The topological polar surface area (TPSA) is 47.4 Å². The van der Waals surface area contributed by atoms with Crippen molar-refractivity contribution in [3.63, 3.8) is 0 Å². The van der Waals surface area contributed by atoms with Gasteiger partial charge in [-0.3, -0.25) is 9.48 Å². The van der Waals surface area contributed by atoms with E-state index in [-0.39, 0.29) is 12.5 Å². The first kappa shape index (κ1) is 14.9. The maximum absolute atomic E-state index is 12.0. The van der Waals surface area contributed by atoms with Gasteiger partial charge in [-0.05, 0) is 24.6 Å². The Morgan fingerprint density at radius 1 is 1.45 bits per heavy atom. The molecule has 6 heteroatoms. The number of benzene rings is 1. The van der Waals surface area contributed by atoms with Crippen molar-refractivity contribution in [2.24, 2.45) is 5.92 Å². The first-order chi connectivity index (χ1) is 10.6. The smallest absolute Gasteiger partial charge is 0.260 e. The van der Waals surface area contributed by atoms with Crippen LogP contribution in [0.15, 0.2) is 36.7 Å². The van der Waals surface area contributed by atoms with Crippen molar-refractivity contribution in [2.75, 3.05) is 19.7 Å². The first-order valence-electron chi connectivity index (χ1n) is 7.25. The molecular formula is C16H18ClN3O2. The molecule has 0 atom stereocenters. The van der Waals surface area contributed by atoms with Crippen molar-refractivity contribution in [3.8, 4) is 5.75 Å². The molecule has 1 saturated heterocycles. The zero-order chi connectivity index (χ0) is 15.5. The van der Waals surface area contributed by atoms with Gasteiger partial charge in [0.2, 0.25) is 0 Å². The second kappa shape index (κ2) is 6.40. The van der Waals surface area contributed by atoms with Gasteiger partial charge in [-0.1, -0.05) is 23.7 Å². The van der Waals surface area contributed by atoms with Crippen LogP contribution in [-0.2, 0) is 11.3 Å². The van der Waals surface area contributed by atoms with Gasteiger partial charge in [-0.15, -0.1) is 0 Å². The largest absolute Gasteiger partial charge is 0.484 e. The Bertz CT molecular complexity index is 665. The van der Waals surface area contributed by atoms with E-state index in [1.165, 1.54) is 0 Å². The number of rotatable bonds is 5. The van der Waals surface area contributed by atoms with Gasteiger partial charge >= 0.3 is 0 Å². The number of amides is 1. The molecule has 1 aliphatic heterocycles. The molecule has 22 heavy (non-hydrogen) atoms. The highest BCUT2D eigenvalue weighted by Crippen LogP contribution is 2.19. The standard InChI is InChI=1S/C16H18ClN3O2/c1-12-3-2-4-15(5-12)22-11-16(21)19-7-13(8-19)9-20-10-14(17)6-18-20/h2-6,10,13H,7-9,11H2,1H3. The molecule has 3 rings (SSSR count). The molecule has 0 aliphatic carbocycles. The highest BCUT2D eigenvalue weighted by Gasteiger charge is 2.31. The molecule has 0 radical (unpaired) electrons. The molecule has 0 N–H and O–H groups in total. The third-order valence-corrected chi connectivity index (χ3v) is 3.90. The van der Waals surface area contributed by atoms with Crippen molar-refractivity contribution in [1.82, 2.24) is 14.7 Å². The van der Waals surface area contributed by atoms with Gasteiger partial charge in [0.25, 0.3) is 5.91 Å². The lowest BCUT2D eigenvalue weighted by molar-refractivity contribution is -0.140. The molecule has 1 amide bonds. The van der Waals surface area contributed by atoms with Gasteiger partial charge in [0.15, 0.2) is 6.61 Å². The van der Waals surface area contributed by atoms with Gasteiger partial charge in [0.1, 0.15) is 5.75 Å². The Balaban J connectivity index is 1.41. The van der Waals surface area contributed by atoms with E-state index in [2.05, 4.69) is 5.10 Å². The van der Waals surface area contributed by atoms with Gasteiger partial charge in [-0.25, -0.2) is 0 Å². The lowest BCUT2D eigenvalue weighted by Crippen LogP contribution is -2.52. The number of carbonyl (C=O) groups is 1. The Morgan fingerprint density at radius 3 is 2.95 bits per heavy atom. The average Bonchev–Trinajstić information content (AvgIpc) is 2.85. The third kappa shape index (κ3) is 3.60. The predicted octanol–water partition coefficient (Wildman–Crippen LogP) is 2.38. The van der Waals surface area contributed by atoms with Crippen molar-refractivity contribution in [2.45, 2.75) is 13.5 Å². The van der Waals surface area contributed by atoms with Crippen LogP contribution in [0.4, 0.5) is 0 Å². The number of likely N-dealkylation sites (tertiary alicyclic amines) is 1. The van der Waals surface area contributed by atoms with Crippen LogP contribution in [-0.4, -0.2) is 40.3 Å². The minimum Gasteiger partial charge on any atom is -0.484 e. The Hall–Kier alpha value is -2.01. The van der Waals surface area contributed by atoms with E-state index in [9.17, 15) is 4.79 Å². The number of hydrogen-bond acceptors (Lipinski definition) is 3. The van der Waals surface area contributed by atoms with Crippen LogP contribution in [0.5, 0.6) is 5.75 Å². The van der Waals surface area contributed by atoms with E-state index in [0.717, 1.165) is 30.9 Å². The summed E-state index contributed by atoms with van der Waals surface area (Å²) in [6.07, 6.45) is 3.42. The summed E-state index contributed by atoms with van der Waals surface area (Å²) in [7, 11) is 0. The zero-order valence-electron chi connectivity index (χ0n) is 12.4. The summed E-state index contributed by atoms with van der Waals surface area (Å²) in [5.74, 6) is 1.19. The third-order valence-electron chi connectivity index (χ3n) is 3.71. The van der Waals surface area contributed by atoms with Gasteiger partial charge in [0.05, 0.1) is 11.2 Å². The number of hydrogen-bond donors (Lipinski definition) is 0. The van der Waals surface area contributed by atoms with Crippen LogP contribution in [0.2, 0.25) is 5.02 Å². The monoisotopic (exact) mass is 319 g/mol. The van der Waals surface area contributed by atoms with E-state index in [1.807, 2.05) is 40.8 Å². The van der Waals surface area contributed by atoms with Crippen molar-refractivity contribution in [1.29, 1.82) is 0 Å². The molecule has 5 nitrogen and oxygen atoms in total. The summed E-state index contributed by atoms with van der Waals surface area (Å²) < 4.78 is 7.35. The van der Waals surface area contributed by atoms with Crippen LogP contribution < -0.4 is 4.74 Å². The number of carbonyl (C=O) groups excluding carboxylic acids is 1. The molecule has 2 heterocycles. The normalized spacial score (nSPS) is 14.7. The van der Waals surface area contributed by atoms with E-state index in [0.29, 0.717) is 10.9 Å². The zero-order valence-corrected chi connectivity index (χ0v) is 13.2. The van der Waals surface area contributed by atoms with Crippen molar-refractivity contribution < 1.29 is 9.53 Å². The summed E-state index contributed by atoms with van der Waals surface area (Å²) in [4.78, 5) is 13.9. The number of nitrogens with zero attached hydrogens (tertiary/aromatic N) is 3. The summed E-state index contributed by atoms with van der Waals surface area (Å²) in [6.45, 7) is 4.36. The van der Waals surface area contributed by atoms with Gasteiger partial charge in [-0.2, -0.15) is 5.10 Å². The van der Waals surface area contributed by atoms with Crippen molar-refractivity contribution in [3.05, 3.63) is 47.2 Å². The molecule has 1 fully saturated rings. The molecular weight excluding hydrogens is 302 g/mol. The maximum Gasteiger partial charge on any atom is 0.260 e. The van der Waals surface area contributed by atoms with E-state index in [1.54, 1.807) is 12.4 Å². The molecule has 1 aliphatic rings. The SMILES string of the molecule is Cc1cccc(OCC(=O)N2CC(Cn3cc(Cl)cn3)C2)c1. The molecule has 0 spiro atoms. The Labute approximate surface area is 134 Å². The van der Waals surface area contributed by atoms with Crippen LogP contribution >= 0.6 is 11.6 Å². The fraction of sp³-hybridized carbons (Fsp3) is 0.375. The Morgan fingerprint density at radius 2 is 2.27 bits per heavy atom. The van der Waals surface area contributed by atoms with Gasteiger partial charge < -0.3 is 9.64 Å². The molecule has 0 bridgehead atoms. The predicted molar refractivity (Wildman–Crippen MR) is 84.0 cm³/mol. The molecule has 116 valence electrons. The quantitative estimate of drug-likeness (QED) is 0.850. The maximum atomic E-state index is 12.0. The number of ether oxygens (including phenoxy) is 1. The second-order valence-corrected chi connectivity index (χ2v) is 6.09. The van der Waals surface area contributed by atoms with Crippen LogP contribution in [0.3, 0.4) is 0 Å². The second-order valence-electron chi connectivity index (χ2n) is 5.65. The summed E-state index contributed by atoms with van der Waals surface area (Å²) in [5, 5.41) is 4.79. The van der Waals surface area contributed by atoms with Crippen LogP contribution in [0.25, 0.3) is 0 Å². The van der Waals surface area contributed by atoms with E-state index < -0.39 is 0 Å². The Kier molecular flexibility index (Phi) is 4.34. The van der Waals surface area contributed by atoms with Crippen LogP contribution in [0, 0.1) is 12.8 Å². The van der Waals surface area contributed by atoms with Crippen molar-refractivity contribution >= 4 is 17.5 Å². The number of halogens is 1. The highest BCUT2D eigenvalue weighted by molar-refractivity contribution is 6.30. The summed E-state index contributed by atoms with van der Waals surface area (Å²) >= 11 is 5.83. The van der Waals surface area contributed by atoms with Crippen LogP contribution in [0.1, 0.15) is 5.56 Å². The lowest BCUT2D eigenvalue weighted by Gasteiger charge is -2.39. The summed E-state index contributed by atoms with van der Waals surface area (Å²) in [6, 6.07) is 7.70. The summed E-state index contributed by atoms with van der Waals surface area (Å²) in [5.41, 5.74) is 1.12. The molecule has 0 unspecified atom stereocenters. The number of aromatic nitrogens is 2. The average molecular weight is 320 g/mol. The van der Waals surface area contributed by atoms with E-state index >= 15 is 0 Å². The minimum atomic E-state index is 0.0243. The molecule has 1 aromatic carbocycles. The number of aryl methyl sites for hydroxylation is 1. The molecule has 0 saturated carbocycles. The highest BCUT2D eigenvalue weighted by atomic mass is 35.5.